The first-order valence-corrected chi connectivity index (χ1v) is 12.7. The van der Waals surface area contributed by atoms with Crippen molar-refractivity contribution < 1.29 is 8.42 Å². The highest BCUT2D eigenvalue weighted by Crippen LogP contribution is 2.42. The first-order valence-electron chi connectivity index (χ1n) is 11.2. The molecule has 0 unspecified atom stereocenters. The Labute approximate surface area is 206 Å². The zero-order chi connectivity index (χ0) is 25.7. The maximum atomic E-state index is 14.5. The highest BCUT2D eigenvalue weighted by Gasteiger charge is 2.30. The van der Waals surface area contributed by atoms with Crippen molar-refractivity contribution in [3.63, 3.8) is 0 Å². The predicted molar refractivity (Wildman–Crippen MR) is 146 cm³/mol. The normalized spacial score (nSPS) is 11.5. The molecular formula is C28H30N4O2S. The van der Waals surface area contributed by atoms with Gasteiger partial charge >= 0.3 is 0 Å². The van der Waals surface area contributed by atoms with Crippen LogP contribution in [0.25, 0.3) is 22.3 Å². The molecule has 35 heavy (non-hydrogen) atoms. The molecule has 0 heterocycles. The third kappa shape index (κ3) is 4.08. The summed E-state index contributed by atoms with van der Waals surface area (Å²) >= 11 is 0. The number of nitrogen functional groups attached to an aromatic ring is 4. The third-order valence-electron chi connectivity index (χ3n) is 6.59. The number of nitrogens with two attached hydrogens (primary N) is 4. The summed E-state index contributed by atoms with van der Waals surface area (Å²) < 4.78 is 29.0. The number of hydrogen-bond donors (Lipinski definition) is 4. The molecule has 180 valence electrons. The molecule has 6 nitrogen and oxygen atoms in total. The maximum absolute atomic E-state index is 14.5. The fourth-order valence-corrected chi connectivity index (χ4v) is 6.55. The van der Waals surface area contributed by atoms with Gasteiger partial charge in [-0.25, -0.2) is 8.42 Å². The zero-order valence-corrected chi connectivity index (χ0v) is 21.1. The molecule has 7 heteroatoms. The largest absolute Gasteiger partial charge is 0.399 e. The van der Waals surface area contributed by atoms with Crippen LogP contribution < -0.4 is 22.9 Å². The minimum Gasteiger partial charge on any atom is -0.399 e. The van der Waals surface area contributed by atoms with E-state index in [0.717, 1.165) is 22.3 Å². The molecule has 0 aliphatic carbocycles. The van der Waals surface area contributed by atoms with Gasteiger partial charge in [-0.15, -0.1) is 0 Å². The van der Waals surface area contributed by atoms with E-state index in [4.69, 9.17) is 22.9 Å². The van der Waals surface area contributed by atoms with Crippen molar-refractivity contribution >= 4 is 32.6 Å². The van der Waals surface area contributed by atoms with Crippen LogP contribution in [0.4, 0.5) is 22.7 Å². The van der Waals surface area contributed by atoms with Gasteiger partial charge in [-0.05, 0) is 97.5 Å². The molecule has 0 fully saturated rings. The van der Waals surface area contributed by atoms with E-state index in [-0.39, 0.29) is 9.79 Å². The van der Waals surface area contributed by atoms with Crippen LogP contribution in [0.2, 0.25) is 0 Å². The Kier molecular flexibility index (Phi) is 5.99. The van der Waals surface area contributed by atoms with Crippen molar-refractivity contribution in [1.29, 1.82) is 0 Å². The first-order chi connectivity index (χ1) is 16.4. The van der Waals surface area contributed by atoms with Crippen LogP contribution in [-0.4, -0.2) is 8.42 Å². The summed E-state index contributed by atoms with van der Waals surface area (Å²) in [4.78, 5) is 0.313. The van der Waals surface area contributed by atoms with E-state index in [1.54, 1.807) is 50.2 Å². The fourth-order valence-electron chi connectivity index (χ4n) is 4.35. The molecule has 0 radical (unpaired) electrons. The van der Waals surface area contributed by atoms with Crippen LogP contribution in [0.5, 0.6) is 0 Å². The Morgan fingerprint density at radius 3 is 1.20 bits per heavy atom. The minimum absolute atomic E-state index is 0.156. The van der Waals surface area contributed by atoms with E-state index in [1.807, 2.05) is 38.1 Å². The van der Waals surface area contributed by atoms with Gasteiger partial charge in [0.1, 0.15) is 0 Å². The predicted octanol–water partition coefficient (Wildman–Crippen LogP) is 5.42. The fraction of sp³-hybridized carbons (Fsp3) is 0.143. The molecule has 0 spiro atoms. The lowest BCUT2D eigenvalue weighted by Crippen LogP contribution is -2.12. The summed E-state index contributed by atoms with van der Waals surface area (Å²) in [5.74, 6) is 0. The summed E-state index contributed by atoms with van der Waals surface area (Å²) in [6.45, 7) is 7.23. The quantitative estimate of drug-likeness (QED) is 0.284. The second-order valence-corrected chi connectivity index (χ2v) is 10.8. The van der Waals surface area contributed by atoms with Crippen molar-refractivity contribution in [3.8, 4) is 22.3 Å². The maximum Gasteiger partial charge on any atom is 0.208 e. The third-order valence-corrected chi connectivity index (χ3v) is 8.72. The van der Waals surface area contributed by atoms with Crippen LogP contribution in [0.15, 0.2) is 70.5 Å². The number of anilines is 4. The van der Waals surface area contributed by atoms with Crippen LogP contribution in [0, 0.1) is 27.7 Å². The Morgan fingerprint density at radius 2 is 0.857 bits per heavy atom. The number of sulfone groups is 1. The molecule has 4 rings (SSSR count). The average molecular weight is 487 g/mol. The zero-order valence-electron chi connectivity index (χ0n) is 20.3. The standard InChI is InChI=1S/C28H30N4O2S/c1-15-13-19(5-9-23(15)29)21-7-11-25(31)17(3)27(21)35(33,34)28-18(4)26(32)12-8-22(28)20-6-10-24(30)16(2)14-20/h5-14H,29-32H2,1-4H3. The lowest BCUT2D eigenvalue weighted by atomic mass is 9.99. The molecule has 4 aromatic carbocycles. The molecule has 8 N–H and O–H groups in total. The number of aryl methyl sites for hydroxylation is 2. The van der Waals surface area contributed by atoms with E-state index in [0.29, 0.717) is 45.0 Å². The minimum atomic E-state index is -4.07. The van der Waals surface area contributed by atoms with Gasteiger partial charge in [-0.2, -0.15) is 0 Å². The Hall–Kier alpha value is -3.97. The van der Waals surface area contributed by atoms with Crippen molar-refractivity contribution in [2.45, 2.75) is 37.5 Å². The van der Waals surface area contributed by atoms with Gasteiger partial charge in [0.15, 0.2) is 0 Å². The molecule has 0 aliphatic rings. The average Bonchev–Trinajstić information content (AvgIpc) is 2.80. The SMILES string of the molecule is Cc1cc(-c2ccc(N)c(C)c2S(=O)(=O)c2c(-c3ccc(N)c(C)c3)ccc(N)c2C)ccc1N. The molecule has 0 atom stereocenters. The molecule has 0 amide bonds. The Bertz CT molecular complexity index is 1480. The van der Waals surface area contributed by atoms with Gasteiger partial charge in [0.05, 0.1) is 9.79 Å². The van der Waals surface area contributed by atoms with Crippen LogP contribution in [-0.2, 0) is 9.84 Å². The number of rotatable bonds is 4. The second-order valence-electron chi connectivity index (χ2n) is 8.96. The Balaban J connectivity index is 2.08. The highest BCUT2D eigenvalue weighted by molar-refractivity contribution is 7.92. The van der Waals surface area contributed by atoms with Crippen molar-refractivity contribution in [2.24, 2.45) is 0 Å². The van der Waals surface area contributed by atoms with Crippen LogP contribution in [0.3, 0.4) is 0 Å². The number of benzene rings is 4. The summed E-state index contributed by atoms with van der Waals surface area (Å²) in [7, 11) is -4.07. The summed E-state index contributed by atoms with van der Waals surface area (Å²) in [6, 6.07) is 17.9. The highest BCUT2D eigenvalue weighted by atomic mass is 32.2. The first kappa shape index (κ1) is 24.2. The summed E-state index contributed by atoms with van der Waals surface area (Å²) in [5.41, 5.74) is 31.8. The Morgan fingerprint density at radius 1 is 0.514 bits per heavy atom. The van der Waals surface area contributed by atoms with E-state index < -0.39 is 9.84 Å². The van der Waals surface area contributed by atoms with Crippen LogP contribution >= 0.6 is 0 Å². The smallest absolute Gasteiger partial charge is 0.208 e. The van der Waals surface area contributed by atoms with E-state index in [9.17, 15) is 8.42 Å². The van der Waals surface area contributed by atoms with E-state index in [2.05, 4.69) is 0 Å². The molecule has 0 aromatic heterocycles. The number of hydrogen-bond acceptors (Lipinski definition) is 6. The lowest BCUT2D eigenvalue weighted by molar-refractivity contribution is 0.595. The van der Waals surface area contributed by atoms with Gasteiger partial charge in [0.2, 0.25) is 9.84 Å². The molecule has 0 saturated carbocycles. The second kappa shape index (κ2) is 8.67. The molecule has 0 bridgehead atoms. The van der Waals surface area contributed by atoms with Gasteiger partial charge < -0.3 is 22.9 Å². The van der Waals surface area contributed by atoms with Gasteiger partial charge in [-0.3, -0.25) is 0 Å². The van der Waals surface area contributed by atoms with Crippen molar-refractivity contribution in [3.05, 3.63) is 82.9 Å². The van der Waals surface area contributed by atoms with Gasteiger partial charge in [0, 0.05) is 33.9 Å². The van der Waals surface area contributed by atoms with Crippen molar-refractivity contribution in [2.75, 3.05) is 22.9 Å². The van der Waals surface area contributed by atoms with Crippen LogP contribution in [0.1, 0.15) is 22.3 Å². The summed E-state index contributed by atoms with van der Waals surface area (Å²) in [5, 5.41) is 0. The van der Waals surface area contributed by atoms with Crippen molar-refractivity contribution in [1.82, 2.24) is 0 Å². The van der Waals surface area contributed by atoms with Gasteiger partial charge in [0.25, 0.3) is 0 Å². The molecule has 0 saturated heterocycles. The topological polar surface area (TPSA) is 138 Å². The molecule has 4 aromatic rings. The van der Waals surface area contributed by atoms with E-state index in [1.165, 1.54) is 0 Å². The van der Waals surface area contributed by atoms with E-state index >= 15 is 0 Å². The summed E-state index contributed by atoms with van der Waals surface area (Å²) in [6.07, 6.45) is 0. The molecule has 0 aliphatic heterocycles. The van der Waals surface area contributed by atoms with Gasteiger partial charge in [-0.1, -0.05) is 24.3 Å². The lowest BCUT2D eigenvalue weighted by Gasteiger charge is -2.20. The monoisotopic (exact) mass is 486 g/mol. The molecular weight excluding hydrogens is 456 g/mol.